The quantitative estimate of drug-likeness (QED) is 0.357. The Morgan fingerprint density at radius 3 is 2.00 bits per heavy atom. The summed E-state index contributed by atoms with van der Waals surface area (Å²) in [7, 11) is 2.24. The van der Waals surface area contributed by atoms with Crippen LogP contribution in [0.2, 0.25) is 0 Å². The summed E-state index contributed by atoms with van der Waals surface area (Å²) in [5.74, 6) is 6.30. The number of fused-ring (bicyclic) bond motifs is 1. The van der Waals surface area contributed by atoms with E-state index in [1.54, 1.807) is 0 Å². The van der Waals surface area contributed by atoms with Crippen LogP contribution < -0.4 is 0 Å². The van der Waals surface area contributed by atoms with Crippen LogP contribution in [0.5, 0.6) is 0 Å². The van der Waals surface area contributed by atoms with E-state index in [-0.39, 0.29) is 0 Å². The first-order valence-electron chi connectivity index (χ1n) is 3.15. The number of allylic oxidation sites excluding steroid dienone is 2. The van der Waals surface area contributed by atoms with Gasteiger partial charge >= 0.3 is 0 Å². The molecule has 0 amide bonds. The second-order valence-electron chi connectivity index (χ2n) is 2.03. The first kappa shape index (κ1) is 6.93. The van der Waals surface area contributed by atoms with Gasteiger partial charge in [0.2, 0.25) is 0 Å². The standard InChI is InChI=1S/C8H2Si3/c1-3-10-11-4-2-8-6-9-5-7(1)8/h5-6H. The summed E-state index contributed by atoms with van der Waals surface area (Å²) >= 11 is 0. The maximum atomic E-state index is 3.15. The van der Waals surface area contributed by atoms with Gasteiger partial charge in [0, 0.05) is 11.1 Å². The molecule has 0 aromatic rings. The zero-order valence-corrected chi connectivity index (χ0v) is 8.65. The molecule has 3 heteroatoms. The van der Waals surface area contributed by atoms with Crippen molar-refractivity contribution >= 4 is 27.6 Å². The van der Waals surface area contributed by atoms with Gasteiger partial charge in [-0.3, -0.25) is 0 Å². The van der Waals surface area contributed by atoms with Crippen molar-refractivity contribution in [2.45, 2.75) is 0 Å². The normalized spacial score (nSPS) is 18.9. The predicted molar refractivity (Wildman–Crippen MR) is 49.0 cm³/mol. The smallest absolute Gasteiger partial charge is 0.133 e. The van der Waals surface area contributed by atoms with Gasteiger partial charge in [-0.15, -0.1) is 11.1 Å². The van der Waals surface area contributed by atoms with Crippen LogP contribution in [0.15, 0.2) is 22.5 Å². The molecule has 2 aliphatic heterocycles. The van der Waals surface area contributed by atoms with Crippen molar-refractivity contribution in [2.75, 3.05) is 0 Å². The van der Waals surface area contributed by atoms with E-state index >= 15 is 0 Å². The zero-order chi connectivity index (χ0) is 7.52. The van der Waals surface area contributed by atoms with Crippen molar-refractivity contribution in [1.82, 2.24) is 0 Å². The number of hydrogen-bond acceptors (Lipinski definition) is 0. The molecule has 0 aromatic heterocycles. The Hall–Kier alpha value is -0.749. The minimum Gasteiger partial charge on any atom is -0.133 e. The maximum absolute atomic E-state index is 3.15. The minimum atomic E-state index is 0.725. The van der Waals surface area contributed by atoms with E-state index in [0.29, 0.717) is 0 Å². The molecule has 46 valence electrons. The molecule has 0 fully saturated rings. The van der Waals surface area contributed by atoms with Crippen LogP contribution in [-0.4, -0.2) is 27.6 Å². The topological polar surface area (TPSA) is 0 Å². The molecule has 0 aliphatic carbocycles. The van der Waals surface area contributed by atoms with Gasteiger partial charge in [0.25, 0.3) is 0 Å². The monoisotopic (exact) mass is 182 g/mol. The number of rotatable bonds is 0. The highest BCUT2D eigenvalue weighted by atomic mass is 29.1. The Morgan fingerprint density at radius 2 is 1.45 bits per heavy atom. The van der Waals surface area contributed by atoms with E-state index in [1.165, 1.54) is 0 Å². The Balaban J connectivity index is 2.40. The second kappa shape index (κ2) is 3.10. The average Bonchev–Trinajstić information content (AvgIpc) is 2.35. The summed E-state index contributed by atoms with van der Waals surface area (Å²) in [5, 5.41) is 0. The largest absolute Gasteiger partial charge is 0.147 e. The average molecular weight is 182 g/mol. The van der Waals surface area contributed by atoms with Crippen molar-refractivity contribution in [3.8, 4) is 22.9 Å². The lowest BCUT2D eigenvalue weighted by molar-refractivity contribution is 1.73. The Bertz CT molecular complexity index is 318. The van der Waals surface area contributed by atoms with Gasteiger partial charge in [-0.25, -0.2) is 0 Å². The second-order valence-corrected chi connectivity index (χ2v) is 5.44. The lowest BCUT2D eigenvalue weighted by Crippen LogP contribution is -1.99. The summed E-state index contributed by atoms with van der Waals surface area (Å²) < 4.78 is 0. The third kappa shape index (κ3) is 1.46. The molecule has 0 aromatic carbocycles. The highest BCUT2D eigenvalue weighted by Gasteiger charge is 2.05. The van der Waals surface area contributed by atoms with Crippen LogP contribution in [0.25, 0.3) is 0 Å². The van der Waals surface area contributed by atoms with Crippen molar-refractivity contribution in [2.24, 2.45) is 0 Å². The van der Waals surface area contributed by atoms with Gasteiger partial charge in [-0.05, 0) is 0 Å². The van der Waals surface area contributed by atoms with E-state index in [1.807, 2.05) is 0 Å². The van der Waals surface area contributed by atoms with E-state index in [4.69, 9.17) is 0 Å². The highest BCUT2D eigenvalue weighted by Crippen LogP contribution is 2.12. The molecule has 2 rings (SSSR count). The molecule has 0 unspecified atom stereocenters. The molecule has 0 saturated carbocycles. The SMILES string of the molecule is C1#CC2=C[Si]C=C2C#C[Si][Si]1. The molecule has 0 nitrogen and oxygen atoms in total. The molecule has 0 bridgehead atoms. The molecular weight excluding hydrogens is 180 g/mol. The van der Waals surface area contributed by atoms with Gasteiger partial charge in [-0.1, -0.05) is 23.2 Å². The minimum absolute atomic E-state index is 0.725. The van der Waals surface area contributed by atoms with E-state index in [0.717, 1.165) is 38.7 Å². The fourth-order valence-electron chi connectivity index (χ4n) is 0.830. The molecule has 0 N–H and O–H groups in total. The van der Waals surface area contributed by atoms with Gasteiger partial charge < -0.3 is 0 Å². The summed E-state index contributed by atoms with van der Waals surface area (Å²) in [4.78, 5) is 0. The van der Waals surface area contributed by atoms with Crippen molar-refractivity contribution in [3.63, 3.8) is 0 Å². The maximum Gasteiger partial charge on any atom is 0.147 e. The highest BCUT2D eigenvalue weighted by molar-refractivity contribution is 7.08. The molecule has 0 saturated heterocycles. The molecule has 6 radical (unpaired) electrons. The molecule has 11 heavy (non-hydrogen) atoms. The van der Waals surface area contributed by atoms with E-state index in [2.05, 4.69) is 34.3 Å². The van der Waals surface area contributed by atoms with Crippen molar-refractivity contribution in [1.29, 1.82) is 0 Å². The fourth-order valence-corrected chi connectivity index (χ4v) is 2.97. The summed E-state index contributed by atoms with van der Waals surface area (Å²) in [6, 6.07) is 0. The van der Waals surface area contributed by atoms with Crippen LogP contribution in [0.4, 0.5) is 0 Å². The Kier molecular flexibility index (Phi) is 1.95. The van der Waals surface area contributed by atoms with Crippen LogP contribution in [0.1, 0.15) is 0 Å². The van der Waals surface area contributed by atoms with Crippen LogP contribution >= 0.6 is 0 Å². The lowest BCUT2D eigenvalue weighted by atomic mass is 10.1. The third-order valence-corrected chi connectivity index (χ3v) is 3.99. The van der Waals surface area contributed by atoms with Gasteiger partial charge in [0.05, 0.1) is 0 Å². The van der Waals surface area contributed by atoms with Gasteiger partial charge in [0.15, 0.2) is 0 Å². The molecule has 2 heterocycles. The summed E-state index contributed by atoms with van der Waals surface area (Å²) in [6.45, 7) is 0. The molecule has 0 spiro atoms. The van der Waals surface area contributed by atoms with E-state index in [9.17, 15) is 0 Å². The van der Waals surface area contributed by atoms with Crippen LogP contribution in [0.3, 0.4) is 0 Å². The Morgan fingerprint density at radius 1 is 0.909 bits per heavy atom. The lowest BCUT2D eigenvalue weighted by Gasteiger charge is -1.92. The van der Waals surface area contributed by atoms with Crippen LogP contribution in [0, 0.1) is 22.9 Å². The number of hydrogen-bond donors (Lipinski definition) is 0. The van der Waals surface area contributed by atoms with Crippen molar-refractivity contribution in [3.05, 3.63) is 22.5 Å². The van der Waals surface area contributed by atoms with Gasteiger partial charge in [0.1, 0.15) is 27.6 Å². The molecule has 0 atom stereocenters. The van der Waals surface area contributed by atoms with E-state index < -0.39 is 0 Å². The first-order chi connectivity index (χ1) is 5.47. The Labute approximate surface area is 73.4 Å². The molecule has 2 aliphatic rings. The third-order valence-electron chi connectivity index (χ3n) is 1.33. The first-order valence-corrected chi connectivity index (χ1v) is 7.31. The fraction of sp³-hybridized carbons (Fsp3) is 0. The van der Waals surface area contributed by atoms with Gasteiger partial charge in [-0.2, -0.15) is 0 Å². The summed E-state index contributed by atoms with van der Waals surface area (Å²) in [5.41, 5.74) is 13.0. The van der Waals surface area contributed by atoms with Crippen molar-refractivity contribution < 1.29 is 0 Å². The molecular formula is C8H2Si3. The predicted octanol–water partition coefficient (Wildman–Crippen LogP) is -0.269. The van der Waals surface area contributed by atoms with Crippen LogP contribution in [-0.2, 0) is 0 Å². The zero-order valence-electron chi connectivity index (χ0n) is 5.65. The summed E-state index contributed by atoms with van der Waals surface area (Å²) in [6.07, 6.45) is 0.